The molecular formula is C15H15BrO4. The van der Waals surface area contributed by atoms with Crippen LogP contribution in [0.25, 0.3) is 0 Å². The highest BCUT2D eigenvalue weighted by Gasteiger charge is 2.10. The van der Waals surface area contributed by atoms with Crippen LogP contribution < -0.4 is 4.74 Å². The Morgan fingerprint density at radius 2 is 2.10 bits per heavy atom. The molecule has 4 nitrogen and oxygen atoms in total. The van der Waals surface area contributed by atoms with Gasteiger partial charge < -0.3 is 14.3 Å². The highest BCUT2D eigenvalue weighted by molar-refractivity contribution is 9.10. The van der Waals surface area contributed by atoms with Gasteiger partial charge in [-0.15, -0.1) is 0 Å². The zero-order valence-corrected chi connectivity index (χ0v) is 12.8. The van der Waals surface area contributed by atoms with Gasteiger partial charge in [-0.3, -0.25) is 0 Å². The van der Waals surface area contributed by atoms with Crippen LogP contribution in [0.4, 0.5) is 0 Å². The number of furan rings is 1. The third-order valence-corrected chi connectivity index (χ3v) is 3.48. The first-order valence-corrected chi connectivity index (χ1v) is 7.01. The maximum Gasteiger partial charge on any atom is 0.371 e. The number of carbonyl (C=O) groups is 1. The van der Waals surface area contributed by atoms with Gasteiger partial charge in [0.05, 0.1) is 4.47 Å². The molecule has 1 aromatic heterocycles. The van der Waals surface area contributed by atoms with Gasteiger partial charge in [-0.05, 0) is 51.7 Å². The molecule has 0 spiro atoms. The van der Waals surface area contributed by atoms with Crippen molar-refractivity contribution in [2.75, 3.05) is 0 Å². The van der Waals surface area contributed by atoms with Crippen LogP contribution in [-0.4, -0.2) is 11.1 Å². The van der Waals surface area contributed by atoms with Crippen LogP contribution in [0, 0.1) is 0 Å². The monoisotopic (exact) mass is 338 g/mol. The van der Waals surface area contributed by atoms with Crippen LogP contribution in [0.3, 0.4) is 0 Å². The quantitative estimate of drug-likeness (QED) is 0.875. The van der Waals surface area contributed by atoms with E-state index in [2.05, 4.69) is 29.8 Å². The molecule has 5 heteroatoms. The smallest absolute Gasteiger partial charge is 0.371 e. The lowest BCUT2D eigenvalue weighted by Gasteiger charge is -2.10. The maximum atomic E-state index is 10.7. The van der Waals surface area contributed by atoms with Gasteiger partial charge in [-0.1, -0.05) is 19.9 Å². The van der Waals surface area contributed by atoms with E-state index >= 15 is 0 Å². The van der Waals surface area contributed by atoms with Crippen LogP contribution in [0.5, 0.6) is 5.75 Å². The van der Waals surface area contributed by atoms with E-state index in [4.69, 9.17) is 14.3 Å². The van der Waals surface area contributed by atoms with Gasteiger partial charge in [0.25, 0.3) is 0 Å². The van der Waals surface area contributed by atoms with E-state index in [9.17, 15) is 4.79 Å². The Hall–Kier alpha value is -1.75. The van der Waals surface area contributed by atoms with Crippen molar-refractivity contribution in [3.8, 4) is 5.75 Å². The topological polar surface area (TPSA) is 59.7 Å². The number of hydrogen-bond acceptors (Lipinski definition) is 3. The molecule has 0 unspecified atom stereocenters. The Labute approximate surface area is 125 Å². The molecule has 106 valence electrons. The zero-order chi connectivity index (χ0) is 14.7. The van der Waals surface area contributed by atoms with Gasteiger partial charge >= 0.3 is 5.97 Å². The molecule has 1 N–H and O–H groups in total. The molecule has 2 rings (SSSR count). The minimum absolute atomic E-state index is 0.0854. The third kappa shape index (κ3) is 3.42. The van der Waals surface area contributed by atoms with Gasteiger partial charge in [0, 0.05) is 0 Å². The normalized spacial score (nSPS) is 10.8. The second-order valence-electron chi connectivity index (χ2n) is 4.70. The average Bonchev–Trinajstić information content (AvgIpc) is 2.86. The van der Waals surface area contributed by atoms with E-state index in [0.717, 1.165) is 4.47 Å². The zero-order valence-electron chi connectivity index (χ0n) is 11.2. The highest BCUT2D eigenvalue weighted by atomic mass is 79.9. The van der Waals surface area contributed by atoms with Crippen LogP contribution >= 0.6 is 15.9 Å². The molecule has 0 aliphatic carbocycles. The van der Waals surface area contributed by atoms with Gasteiger partial charge in [-0.2, -0.15) is 0 Å². The summed E-state index contributed by atoms with van der Waals surface area (Å²) in [5, 5.41) is 8.77. The molecule has 0 amide bonds. The van der Waals surface area contributed by atoms with E-state index in [1.165, 1.54) is 11.6 Å². The number of hydrogen-bond donors (Lipinski definition) is 1. The summed E-state index contributed by atoms with van der Waals surface area (Å²) in [4.78, 5) is 10.7. The highest BCUT2D eigenvalue weighted by Crippen LogP contribution is 2.29. The summed E-state index contributed by atoms with van der Waals surface area (Å²) in [6.45, 7) is 4.43. The van der Waals surface area contributed by atoms with Crippen LogP contribution in [-0.2, 0) is 6.61 Å². The third-order valence-electron chi connectivity index (χ3n) is 2.86. The molecule has 1 aromatic carbocycles. The molecule has 0 saturated carbocycles. The summed E-state index contributed by atoms with van der Waals surface area (Å²) in [5.74, 6) is 0.449. The Balaban J connectivity index is 2.05. The fourth-order valence-corrected chi connectivity index (χ4v) is 2.22. The second kappa shape index (κ2) is 6.13. The lowest BCUT2D eigenvalue weighted by Crippen LogP contribution is -1.96. The van der Waals surface area contributed by atoms with Gasteiger partial charge in [-0.25, -0.2) is 4.79 Å². The van der Waals surface area contributed by atoms with Gasteiger partial charge in [0.1, 0.15) is 18.1 Å². The molecule has 2 aromatic rings. The number of halogens is 1. The molecule has 0 atom stereocenters. The van der Waals surface area contributed by atoms with Crippen molar-refractivity contribution in [1.29, 1.82) is 0 Å². The molecule has 0 aliphatic rings. The minimum Gasteiger partial charge on any atom is -0.484 e. The Morgan fingerprint density at radius 3 is 2.65 bits per heavy atom. The first-order chi connectivity index (χ1) is 9.47. The van der Waals surface area contributed by atoms with Crippen molar-refractivity contribution in [3.05, 3.63) is 51.9 Å². The van der Waals surface area contributed by atoms with Crippen molar-refractivity contribution in [2.45, 2.75) is 26.4 Å². The van der Waals surface area contributed by atoms with Crippen LogP contribution in [0.15, 0.2) is 39.2 Å². The maximum absolute atomic E-state index is 10.7. The molecule has 0 bridgehead atoms. The van der Waals surface area contributed by atoms with Crippen LogP contribution in [0.1, 0.15) is 41.6 Å². The molecule has 0 saturated heterocycles. The standard InChI is InChI=1S/C15H15BrO4/c1-9(2)10-3-5-13(12(16)7-10)19-8-11-4-6-14(20-11)15(17)18/h3-7,9H,8H2,1-2H3,(H,17,18). The fourth-order valence-electron chi connectivity index (χ4n) is 1.71. The van der Waals surface area contributed by atoms with E-state index < -0.39 is 5.97 Å². The largest absolute Gasteiger partial charge is 0.484 e. The number of ether oxygens (including phenoxy) is 1. The Bertz CT molecular complexity index is 616. The average molecular weight is 339 g/mol. The number of benzene rings is 1. The number of carboxylic acids is 1. The first-order valence-electron chi connectivity index (χ1n) is 6.21. The van der Waals surface area contributed by atoms with E-state index in [1.807, 2.05) is 18.2 Å². The summed E-state index contributed by atoms with van der Waals surface area (Å²) in [6.07, 6.45) is 0. The summed E-state index contributed by atoms with van der Waals surface area (Å²) < 4.78 is 11.6. The molecular weight excluding hydrogens is 324 g/mol. The Kier molecular flexibility index (Phi) is 4.49. The predicted molar refractivity (Wildman–Crippen MR) is 78.2 cm³/mol. The molecule has 1 heterocycles. The summed E-state index contributed by atoms with van der Waals surface area (Å²) in [6, 6.07) is 8.93. The lowest BCUT2D eigenvalue weighted by atomic mass is 10.0. The fraction of sp³-hybridized carbons (Fsp3) is 0.267. The minimum atomic E-state index is -1.08. The predicted octanol–water partition coefficient (Wildman–Crippen LogP) is 4.44. The summed E-state index contributed by atoms with van der Waals surface area (Å²) in [5.41, 5.74) is 1.22. The molecule has 0 radical (unpaired) electrons. The SMILES string of the molecule is CC(C)c1ccc(OCc2ccc(C(=O)O)o2)c(Br)c1. The molecule has 0 fully saturated rings. The van der Waals surface area contributed by atoms with Gasteiger partial charge in [0.15, 0.2) is 0 Å². The number of carboxylic acid groups (broad SMARTS) is 1. The van der Waals surface area contributed by atoms with Crippen molar-refractivity contribution < 1.29 is 19.1 Å². The number of rotatable bonds is 5. The summed E-state index contributed by atoms with van der Waals surface area (Å²) in [7, 11) is 0. The van der Waals surface area contributed by atoms with Gasteiger partial charge in [0.2, 0.25) is 5.76 Å². The lowest BCUT2D eigenvalue weighted by molar-refractivity contribution is 0.0658. The van der Waals surface area contributed by atoms with E-state index in [1.54, 1.807) is 6.07 Å². The van der Waals surface area contributed by atoms with Crippen molar-refractivity contribution in [1.82, 2.24) is 0 Å². The summed E-state index contributed by atoms with van der Waals surface area (Å²) >= 11 is 3.47. The van der Waals surface area contributed by atoms with Crippen LogP contribution in [0.2, 0.25) is 0 Å². The van der Waals surface area contributed by atoms with E-state index in [-0.39, 0.29) is 12.4 Å². The molecule has 0 aliphatic heterocycles. The van der Waals surface area contributed by atoms with Crippen molar-refractivity contribution in [2.24, 2.45) is 0 Å². The van der Waals surface area contributed by atoms with Crippen molar-refractivity contribution in [3.63, 3.8) is 0 Å². The number of aromatic carboxylic acids is 1. The van der Waals surface area contributed by atoms with Crippen molar-refractivity contribution >= 4 is 21.9 Å². The van der Waals surface area contributed by atoms with E-state index in [0.29, 0.717) is 17.4 Å². The first kappa shape index (κ1) is 14.7. The second-order valence-corrected chi connectivity index (χ2v) is 5.56. The Morgan fingerprint density at radius 1 is 1.35 bits per heavy atom. The molecule has 20 heavy (non-hydrogen) atoms.